The average molecular weight is 200 g/mol. The molecular weight excluding hydrogens is 188 g/mol. The molecule has 4 nitrogen and oxygen atoms in total. The second-order valence-electron chi connectivity index (χ2n) is 2.37. The minimum Gasteiger partial charge on any atom is -0.468 e. The summed E-state index contributed by atoms with van der Waals surface area (Å²) in [6.07, 6.45) is 0.378. The fourth-order valence-corrected chi connectivity index (χ4v) is 0.747. The van der Waals surface area contributed by atoms with Gasteiger partial charge in [0.2, 0.25) is 0 Å². The average Bonchev–Trinajstić information content (AvgIpc) is 2.10. The fraction of sp³-hybridized carbons (Fsp3) is 0.500. The third-order valence-corrected chi connectivity index (χ3v) is 1.48. The van der Waals surface area contributed by atoms with Gasteiger partial charge in [-0.1, -0.05) is 13.1 Å². The molecule has 0 aromatic heterocycles. The van der Waals surface area contributed by atoms with Gasteiger partial charge in [0.1, 0.15) is 0 Å². The van der Waals surface area contributed by atoms with Crippen LogP contribution in [-0.4, -0.2) is 34.3 Å². The molecule has 0 aromatic carbocycles. The van der Waals surface area contributed by atoms with Gasteiger partial charge >= 0.3 is 11.9 Å². The summed E-state index contributed by atoms with van der Waals surface area (Å²) in [5.74, 6) is -1.10. The zero-order chi connectivity index (χ0) is 10.3. The summed E-state index contributed by atoms with van der Waals surface area (Å²) in [5.41, 5.74) is 0.269. The standard InChI is InChI=1S/C8H12O4Si/c1-6(2)8(10)11-4-7(9)12-5-13-3/h1,4-5H2,2-3H3. The maximum Gasteiger partial charge on any atom is 0.343 e. The Bertz CT molecular complexity index is 212. The highest BCUT2D eigenvalue weighted by atomic mass is 28.2. The molecule has 0 aliphatic rings. The summed E-state index contributed by atoms with van der Waals surface area (Å²) >= 11 is 0. The molecule has 0 fully saturated rings. The highest BCUT2D eigenvalue weighted by Crippen LogP contribution is 1.92. The minimum atomic E-state index is -0.573. The first-order valence-corrected chi connectivity index (χ1v) is 5.41. The van der Waals surface area contributed by atoms with Crippen LogP contribution in [0.3, 0.4) is 0 Å². The van der Waals surface area contributed by atoms with Crippen molar-refractivity contribution < 1.29 is 19.1 Å². The minimum absolute atomic E-state index is 0.269. The van der Waals surface area contributed by atoms with Crippen LogP contribution in [0.5, 0.6) is 0 Å². The number of hydrogen-bond donors (Lipinski definition) is 0. The Balaban J connectivity index is 3.58. The first kappa shape index (κ1) is 11.9. The zero-order valence-corrected chi connectivity index (χ0v) is 8.75. The molecular formula is C8H12O4Si. The van der Waals surface area contributed by atoms with E-state index in [0.717, 1.165) is 0 Å². The molecule has 0 saturated carbocycles. The second kappa shape index (κ2) is 6.42. The van der Waals surface area contributed by atoms with Gasteiger partial charge in [-0.3, -0.25) is 0 Å². The Morgan fingerprint density at radius 2 is 2.00 bits per heavy atom. The Morgan fingerprint density at radius 3 is 2.46 bits per heavy atom. The van der Waals surface area contributed by atoms with Gasteiger partial charge in [0.05, 0.1) is 15.7 Å². The van der Waals surface area contributed by atoms with Crippen molar-refractivity contribution in [2.24, 2.45) is 0 Å². The Hall–Kier alpha value is -1.10. The van der Waals surface area contributed by atoms with Gasteiger partial charge in [0.15, 0.2) is 6.61 Å². The quantitative estimate of drug-likeness (QED) is 0.365. The number of ether oxygens (including phenoxy) is 2. The van der Waals surface area contributed by atoms with E-state index in [1.54, 1.807) is 0 Å². The first-order valence-electron chi connectivity index (χ1n) is 3.70. The molecule has 0 aromatic rings. The largest absolute Gasteiger partial charge is 0.468 e. The topological polar surface area (TPSA) is 52.6 Å². The van der Waals surface area contributed by atoms with Crippen molar-refractivity contribution in [2.75, 3.05) is 12.8 Å². The van der Waals surface area contributed by atoms with E-state index in [1.807, 2.05) is 6.55 Å². The van der Waals surface area contributed by atoms with E-state index >= 15 is 0 Å². The van der Waals surface area contributed by atoms with Crippen molar-refractivity contribution in [3.8, 4) is 0 Å². The molecule has 0 amide bonds. The molecule has 0 rings (SSSR count). The number of carbonyl (C=O) groups excluding carboxylic acids is 2. The normalized spacial score (nSPS) is 9.08. The van der Waals surface area contributed by atoms with Gasteiger partial charge in [0.25, 0.3) is 0 Å². The van der Waals surface area contributed by atoms with Gasteiger partial charge in [-0.15, -0.1) is 0 Å². The maximum absolute atomic E-state index is 10.8. The lowest BCUT2D eigenvalue weighted by atomic mass is 10.4. The number of rotatable bonds is 5. The molecule has 2 radical (unpaired) electrons. The highest BCUT2D eigenvalue weighted by Gasteiger charge is 2.07. The monoisotopic (exact) mass is 200 g/mol. The summed E-state index contributed by atoms with van der Waals surface area (Å²) in [4.78, 5) is 21.6. The summed E-state index contributed by atoms with van der Waals surface area (Å²) < 4.78 is 9.24. The summed E-state index contributed by atoms with van der Waals surface area (Å²) in [6, 6.07) is 0. The van der Waals surface area contributed by atoms with E-state index in [4.69, 9.17) is 0 Å². The van der Waals surface area contributed by atoms with Gasteiger partial charge in [-0.25, -0.2) is 9.59 Å². The predicted molar refractivity (Wildman–Crippen MR) is 48.4 cm³/mol. The molecule has 0 spiro atoms. The Morgan fingerprint density at radius 1 is 1.38 bits per heavy atom. The lowest BCUT2D eigenvalue weighted by Gasteiger charge is -2.03. The van der Waals surface area contributed by atoms with Crippen LogP contribution < -0.4 is 0 Å². The van der Waals surface area contributed by atoms with Crippen LogP contribution in [0.15, 0.2) is 12.2 Å². The van der Waals surface area contributed by atoms with E-state index < -0.39 is 11.9 Å². The van der Waals surface area contributed by atoms with Gasteiger partial charge < -0.3 is 9.47 Å². The van der Waals surface area contributed by atoms with Crippen molar-refractivity contribution in [1.29, 1.82) is 0 Å². The molecule has 0 aliphatic carbocycles. The van der Waals surface area contributed by atoms with Crippen molar-refractivity contribution >= 4 is 21.5 Å². The Kier molecular flexibility index (Phi) is 5.87. The highest BCUT2D eigenvalue weighted by molar-refractivity contribution is 6.33. The smallest absolute Gasteiger partial charge is 0.343 e. The van der Waals surface area contributed by atoms with Crippen LogP contribution >= 0.6 is 0 Å². The molecule has 0 bridgehead atoms. The third kappa shape index (κ3) is 6.09. The lowest BCUT2D eigenvalue weighted by molar-refractivity contribution is -0.155. The summed E-state index contributed by atoms with van der Waals surface area (Å²) in [6.45, 7) is 6.46. The van der Waals surface area contributed by atoms with Gasteiger partial charge in [-0.05, 0) is 6.92 Å². The van der Waals surface area contributed by atoms with E-state index in [0.29, 0.717) is 15.7 Å². The SMILES string of the molecule is C=C(C)C(=O)OCC(=O)OC[Si]C. The van der Waals surface area contributed by atoms with E-state index in [1.165, 1.54) is 6.92 Å². The van der Waals surface area contributed by atoms with Crippen LogP contribution in [0.2, 0.25) is 6.55 Å². The second-order valence-corrected chi connectivity index (χ2v) is 3.37. The first-order chi connectivity index (χ1) is 6.07. The lowest BCUT2D eigenvalue weighted by Crippen LogP contribution is -2.18. The molecule has 0 saturated heterocycles. The molecule has 5 heteroatoms. The van der Waals surface area contributed by atoms with E-state index in [9.17, 15) is 9.59 Å². The molecule has 0 unspecified atom stereocenters. The summed E-state index contributed by atoms with van der Waals surface area (Å²) in [7, 11) is 0.544. The van der Waals surface area contributed by atoms with Gasteiger partial charge in [0, 0.05) is 5.57 Å². The zero-order valence-electron chi connectivity index (χ0n) is 7.75. The maximum atomic E-state index is 10.8. The number of carbonyl (C=O) groups is 2. The molecule has 13 heavy (non-hydrogen) atoms. The Labute approximate surface area is 79.7 Å². The van der Waals surface area contributed by atoms with E-state index in [2.05, 4.69) is 16.1 Å². The molecule has 0 atom stereocenters. The number of esters is 2. The number of hydrogen-bond acceptors (Lipinski definition) is 4. The molecule has 0 heterocycles. The third-order valence-electron chi connectivity index (χ3n) is 1.05. The van der Waals surface area contributed by atoms with E-state index in [-0.39, 0.29) is 12.2 Å². The predicted octanol–water partition coefficient (Wildman–Crippen LogP) is 0.359. The van der Waals surface area contributed by atoms with Crippen LogP contribution in [-0.2, 0) is 19.1 Å². The molecule has 72 valence electrons. The van der Waals surface area contributed by atoms with Gasteiger partial charge in [-0.2, -0.15) is 0 Å². The fourth-order valence-electron chi connectivity index (χ4n) is 0.442. The molecule has 0 N–H and O–H groups in total. The van der Waals surface area contributed by atoms with Crippen LogP contribution in [0.1, 0.15) is 6.92 Å². The van der Waals surface area contributed by atoms with Crippen molar-refractivity contribution in [2.45, 2.75) is 13.5 Å². The van der Waals surface area contributed by atoms with Crippen LogP contribution in [0, 0.1) is 0 Å². The van der Waals surface area contributed by atoms with Crippen molar-refractivity contribution in [3.05, 3.63) is 12.2 Å². The summed E-state index contributed by atoms with van der Waals surface area (Å²) in [5, 5.41) is 0. The molecule has 0 aliphatic heterocycles. The van der Waals surface area contributed by atoms with Crippen molar-refractivity contribution in [1.82, 2.24) is 0 Å². The van der Waals surface area contributed by atoms with Crippen molar-refractivity contribution in [3.63, 3.8) is 0 Å². The van der Waals surface area contributed by atoms with Crippen LogP contribution in [0.4, 0.5) is 0 Å². The van der Waals surface area contributed by atoms with Crippen LogP contribution in [0.25, 0.3) is 0 Å².